The van der Waals surface area contributed by atoms with Crippen LogP contribution in [0.2, 0.25) is 10.0 Å². The third-order valence-corrected chi connectivity index (χ3v) is 3.28. The Hall–Kier alpha value is -2.24. The zero-order valence-electron chi connectivity index (χ0n) is 11.4. The van der Waals surface area contributed by atoms with Crippen molar-refractivity contribution in [1.82, 2.24) is 5.43 Å². The maximum atomic E-state index is 10.6. The summed E-state index contributed by atoms with van der Waals surface area (Å²) in [6.07, 6.45) is 1.45. The van der Waals surface area contributed by atoms with Gasteiger partial charge in [-0.3, -0.25) is 0 Å². The highest BCUT2D eigenvalue weighted by atomic mass is 35.5. The Morgan fingerprint density at radius 3 is 2.77 bits per heavy atom. The van der Waals surface area contributed by atoms with Crippen LogP contribution in [0.3, 0.4) is 0 Å². The summed E-state index contributed by atoms with van der Waals surface area (Å²) in [5.74, 6) is 0.600. The molecule has 0 aromatic heterocycles. The number of hydrogen-bond acceptors (Lipinski definition) is 3. The molecule has 2 rings (SSSR count). The molecular weight excluding hydrogens is 325 g/mol. The SMILES string of the molecule is NC(=O)NN=Cc1ccccc1OCc1ccc(Cl)cc1Cl. The molecule has 22 heavy (non-hydrogen) atoms. The van der Waals surface area contributed by atoms with Gasteiger partial charge in [-0.15, -0.1) is 0 Å². The van der Waals surface area contributed by atoms with Gasteiger partial charge in [0, 0.05) is 21.2 Å². The van der Waals surface area contributed by atoms with Gasteiger partial charge in [-0.05, 0) is 24.3 Å². The summed E-state index contributed by atoms with van der Waals surface area (Å²) in [4.78, 5) is 10.6. The Bertz CT molecular complexity index is 705. The number of ether oxygens (including phenoxy) is 1. The van der Waals surface area contributed by atoms with Crippen molar-refractivity contribution in [3.05, 3.63) is 63.6 Å². The largest absolute Gasteiger partial charge is 0.488 e. The molecule has 114 valence electrons. The van der Waals surface area contributed by atoms with E-state index in [0.29, 0.717) is 21.4 Å². The molecule has 0 bridgehead atoms. The van der Waals surface area contributed by atoms with E-state index in [1.807, 2.05) is 12.1 Å². The molecule has 0 spiro atoms. The summed E-state index contributed by atoms with van der Waals surface area (Å²) in [6.45, 7) is 0.282. The maximum absolute atomic E-state index is 10.6. The monoisotopic (exact) mass is 337 g/mol. The summed E-state index contributed by atoms with van der Waals surface area (Å²) >= 11 is 12.0. The molecule has 0 radical (unpaired) electrons. The summed E-state index contributed by atoms with van der Waals surface area (Å²) in [5.41, 5.74) is 8.57. The number of hydrogen-bond donors (Lipinski definition) is 2. The molecule has 0 atom stereocenters. The van der Waals surface area contributed by atoms with Crippen LogP contribution in [-0.4, -0.2) is 12.2 Å². The average molecular weight is 338 g/mol. The van der Waals surface area contributed by atoms with Crippen molar-refractivity contribution in [2.45, 2.75) is 6.61 Å². The minimum atomic E-state index is -0.734. The van der Waals surface area contributed by atoms with Crippen LogP contribution in [0.25, 0.3) is 0 Å². The van der Waals surface area contributed by atoms with Crippen molar-refractivity contribution >= 4 is 35.4 Å². The predicted octanol–water partition coefficient (Wildman–Crippen LogP) is 3.57. The third-order valence-electron chi connectivity index (χ3n) is 2.70. The number of amides is 2. The number of para-hydroxylation sites is 1. The van der Waals surface area contributed by atoms with Gasteiger partial charge in [-0.1, -0.05) is 41.4 Å². The highest BCUT2D eigenvalue weighted by molar-refractivity contribution is 6.35. The highest BCUT2D eigenvalue weighted by Gasteiger charge is 2.05. The lowest BCUT2D eigenvalue weighted by atomic mass is 10.2. The number of carbonyl (C=O) groups excluding carboxylic acids is 1. The number of benzene rings is 2. The van der Waals surface area contributed by atoms with Gasteiger partial charge >= 0.3 is 6.03 Å². The van der Waals surface area contributed by atoms with Crippen molar-refractivity contribution in [1.29, 1.82) is 0 Å². The second-order valence-electron chi connectivity index (χ2n) is 4.30. The molecule has 2 amide bonds. The first-order chi connectivity index (χ1) is 10.6. The summed E-state index contributed by atoms with van der Waals surface area (Å²) < 4.78 is 5.74. The lowest BCUT2D eigenvalue weighted by Gasteiger charge is -2.10. The fourth-order valence-electron chi connectivity index (χ4n) is 1.68. The first-order valence-corrected chi connectivity index (χ1v) is 7.06. The zero-order valence-corrected chi connectivity index (χ0v) is 12.9. The minimum absolute atomic E-state index is 0.282. The van der Waals surface area contributed by atoms with Crippen LogP contribution in [0, 0.1) is 0 Å². The van der Waals surface area contributed by atoms with Crippen molar-refractivity contribution in [3.8, 4) is 5.75 Å². The number of primary amides is 1. The topological polar surface area (TPSA) is 76.7 Å². The zero-order chi connectivity index (χ0) is 15.9. The van der Waals surface area contributed by atoms with Crippen LogP contribution < -0.4 is 15.9 Å². The van der Waals surface area contributed by atoms with Gasteiger partial charge in [0.15, 0.2) is 0 Å². The molecule has 5 nitrogen and oxygen atoms in total. The van der Waals surface area contributed by atoms with Crippen LogP contribution in [0.15, 0.2) is 47.6 Å². The molecule has 0 unspecified atom stereocenters. The van der Waals surface area contributed by atoms with Crippen molar-refractivity contribution in [2.75, 3.05) is 0 Å². The Morgan fingerprint density at radius 2 is 2.05 bits per heavy atom. The lowest BCUT2D eigenvalue weighted by molar-refractivity contribution is 0.249. The van der Waals surface area contributed by atoms with Crippen LogP contribution in [0.4, 0.5) is 4.79 Å². The van der Waals surface area contributed by atoms with Crippen LogP contribution in [0.5, 0.6) is 5.75 Å². The number of urea groups is 1. The van der Waals surface area contributed by atoms with Gasteiger partial charge in [0.05, 0.1) is 6.21 Å². The van der Waals surface area contributed by atoms with E-state index in [4.69, 9.17) is 33.7 Å². The Labute approximate surface area is 137 Å². The first-order valence-electron chi connectivity index (χ1n) is 6.30. The van der Waals surface area contributed by atoms with Gasteiger partial charge in [0.1, 0.15) is 12.4 Å². The van der Waals surface area contributed by atoms with Crippen molar-refractivity contribution in [2.24, 2.45) is 10.8 Å². The molecule has 0 saturated heterocycles. The van der Waals surface area contributed by atoms with Crippen molar-refractivity contribution < 1.29 is 9.53 Å². The summed E-state index contributed by atoms with van der Waals surface area (Å²) in [6, 6.07) is 11.7. The molecule has 7 heteroatoms. The van der Waals surface area contributed by atoms with E-state index >= 15 is 0 Å². The highest BCUT2D eigenvalue weighted by Crippen LogP contribution is 2.23. The Kier molecular flexibility index (Phi) is 5.63. The fourth-order valence-corrected chi connectivity index (χ4v) is 2.14. The molecule has 0 heterocycles. The molecule has 2 aromatic carbocycles. The number of nitrogens with two attached hydrogens (primary N) is 1. The number of carbonyl (C=O) groups is 1. The molecule has 3 N–H and O–H groups in total. The standard InChI is InChI=1S/C15H13Cl2N3O2/c16-12-6-5-11(13(17)7-12)9-22-14-4-2-1-3-10(14)8-19-20-15(18)21/h1-8H,9H2,(H3,18,20,21). The Balaban J connectivity index is 2.09. The Morgan fingerprint density at radius 1 is 1.27 bits per heavy atom. The molecule has 0 aliphatic heterocycles. The molecule has 0 fully saturated rings. The molecule has 0 aliphatic rings. The third kappa shape index (κ3) is 4.65. The predicted molar refractivity (Wildman–Crippen MR) is 87.5 cm³/mol. The van der Waals surface area contributed by atoms with Crippen molar-refractivity contribution in [3.63, 3.8) is 0 Å². The van der Waals surface area contributed by atoms with Gasteiger partial charge in [-0.25, -0.2) is 10.2 Å². The molecule has 0 aliphatic carbocycles. The van der Waals surface area contributed by atoms with Gasteiger partial charge in [0.25, 0.3) is 0 Å². The van der Waals surface area contributed by atoms with Gasteiger partial charge in [0.2, 0.25) is 0 Å². The van der Waals surface area contributed by atoms with E-state index in [2.05, 4.69) is 10.5 Å². The average Bonchev–Trinajstić information content (AvgIpc) is 2.47. The minimum Gasteiger partial charge on any atom is -0.488 e. The molecular formula is C15H13Cl2N3O2. The number of hydrazone groups is 1. The maximum Gasteiger partial charge on any atom is 0.332 e. The van der Waals surface area contributed by atoms with Crippen LogP contribution in [-0.2, 0) is 6.61 Å². The van der Waals surface area contributed by atoms with E-state index in [0.717, 1.165) is 5.56 Å². The number of nitrogens with zero attached hydrogens (tertiary/aromatic N) is 1. The number of halogens is 2. The quantitative estimate of drug-likeness (QED) is 0.646. The van der Waals surface area contributed by atoms with E-state index < -0.39 is 6.03 Å². The lowest BCUT2D eigenvalue weighted by Crippen LogP contribution is -2.24. The van der Waals surface area contributed by atoms with E-state index in [-0.39, 0.29) is 6.61 Å². The van der Waals surface area contributed by atoms with Gasteiger partial charge in [-0.2, -0.15) is 5.10 Å². The normalized spacial score (nSPS) is 10.6. The fraction of sp³-hybridized carbons (Fsp3) is 0.0667. The molecule has 2 aromatic rings. The van der Waals surface area contributed by atoms with E-state index in [1.54, 1.807) is 30.3 Å². The van der Waals surface area contributed by atoms with Crippen LogP contribution in [0.1, 0.15) is 11.1 Å². The summed E-state index contributed by atoms with van der Waals surface area (Å²) in [7, 11) is 0. The molecule has 0 saturated carbocycles. The second kappa shape index (κ2) is 7.68. The van der Waals surface area contributed by atoms with Gasteiger partial charge < -0.3 is 10.5 Å². The van der Waals surface area contributed by atoms with E-state index in [1.165, 1.54) is 6.21 Å². The smallest absolute Gasteiger partial charge is 0.332 e. The second-order valence-corrected chi connectivity index (χ2v) is 5.14. The van der Waals surface area contributed by atoms with E-state index in [9.17, 15) is 4.79 Å². The van der Waals surface area contributed by atoms with Crippen LogP contribution >= 0.6 is 23.2 Å². The number of nitrogens with one attached hydrogen (secondary N) is 1. The first kappa shape index (κ1) is 16.1. The summed E-state index contributed by atoms with van der Waals surface area (Å²) in [5, 5.41) is 4.82. The number of rotatable bonds is 5.